The van der Waals surface area contributed by atoms with Gasteiger partial charge in [-0.15, -0.1) is 0 Å². The first-order chi connectivity index (χ1) is 14.3. The van der Waals surface area contributed by atoms with Gasteiger partial charge >= 0.3 is 0 Å². The molecule has 2 saturated heterocycles. The van der Waals surface area contributed by atoms with Crippen LogP contribution in [0.4, 0.5) is 14.6 Å². The number of nitrogens with one attached hydrogen (secondary N) is 1. The maximum atomic E-state index is 13.5. The van der Waals surface area contributed by atoms with Crippen LogP contribution in [-0.4, -0.2) is 54.1 Å². The molecule has 3 aliphatic rings. The van der Waals surface area contributed by atoms with Gasteiger partial charge < -0.3 is 10.1 Å². The molecule has 0 radical (unpaired) electrons. The average molecular weight is 436 g/mol. The molecule has 3 heterocycles. The summed E-state index contributed by atoms with van der Waals surface area (Å²) in [6.07, 6.45) is 3.68. The number of alkyl halides is 2. The van der Waals surface area contributed by atoms with Crippen LogP contribution in [0.5, 0.6) is 0 Å². The lowest BCUT2D eigenvalue weighted by Crippen LogP contribution is -2.51. The molecule has 1 saturated carbocycles. The lowest BCUT2D eigenvalue weighted by atomic mass is 9.87. The van der Waals surface area contributed by atoms with Crippen molar-refractivity contribution in [3.05, 3.63) is 35.0 Å². The third-order valence-corrected chi connectivity index (χ3v) is 7.22. The van der Waals surface area contributed by atoms with Gasteiger partial charge in [0.2, 0.25) is 5.91 Å². The lowest BCUT2D eigenvalue weighted by Gasteiger charge is -2.41. The van der Waals surface area contributed by atoms with Gasteiger partial charge in [-0.25, -0.2) is 13.8 Å². The Labute approximate surface area is 178 Å². The fourth-order valence-electron chi connectivity index (χ4n) is 4.66. The molecule has 1 aromatic carbocycles. The molecule has 3 fully saturated rings. The minimum absolute atomic E-state index is 0.287. The number of hydrogen-bond acceptors (Lipinski definition) is 4. The van der Waals surface area contributed by atoms with Gasteiger partial charge in [0.05, 0.1) is 19.3 Å². The summed E-state index contributed by atoms with van der Waals surface area (Å²) < 4.78 is 32.3. The van der Waals surface area contributed by atoms with Gasteiger partial charge in [-0.05, 0) is 61.0 Å². The Morgan fingerprint density at radius 2 is 1.93 bits per heavy atom. The number of pyridine rings is 1. The van der Waals surface area contributed by atoms with Crippen LogP contribution in [0.1, 0.15) is 31.2 Å². The Hall–Kier alpha value is -1.83. The molecule has 2 atom stereocenters. The Morgan fingerprint density at radius 1 is 1.23 bits per heavy atom. The summed E-state index contributed by atoms with van der Waals surface area (Å²) >= 11 is 6.58. The number of likely N-dealkylation sites (tertiary alicyclic amines) is 1. The molecule has 1 N–H and O–H groups in total. The number of anilines is 1. The number of carbonyl (C=O) groups excluding carboxylic acids is 1. The normalized spacial score (nSPS) is 27.1. The van der Waals surface area contributed by atoms with E-state index in [-0.39, 0.29) is 5.82 Å². The fraction of sp³-hybridized carbons (Fsp3) is 0.545. The van der Waals surface area contributed by atoms with Crippen molar-refractivity contribution < 1.29 is 18.3 Å². The van der Waals surface area contributed by atoms with Gasteiger partial charge in [0.1, 0.15) is 11.7 Å². The monoisotopic (exact) mass is 435 g/mol. The highest BCUT2D eigenvalue weighted by Crippen LogP contribution is 2.55. The van der Waals surface area contributed by atoms with Crippen LogP contribution in [0.2, 0.25) is 5.02 Å². The average Bonchev–Trinajstić information content (AvgIpc) is 3.18. The highest BCUT2D eigenvalue weighted by atomic mass is 35.5. The number of aromatic nitrogens is 1. The van der Waals surface area contributed by atoms with Gasteiger partial charge in [0, 0.05) is 22.5 Å². The zero-order valence-corrected chi connectivity index (χ0v) is 17.5. The number of amides is 1. The Morgan fingerprint density at radius 3 is 2.53 bits per heavy atom. The van der Waals surface area contributed by atoms with Crippen LogP contribution in [0.25, 0.3) is 10.8 Å². The first kappa shape index (κ1) is 20.1. The summed E-state index contributed by atoms with van der Waals surface area (Å²) in [5.74, 6) is -5.15. The fourth-order valence-corrected chi connectivity index (χ4v) is 4.99. The highest BCUT2D eigenvalue weighted by Gasteiger charge is 2.69. The molecule has 0 unspecified atom stereocenters. The number of benzene rings is 1. The molecule has 1 aromatic heterocycles. The number of hydrogen-bond donors (Lipinski definition) is 1. The van der Waals surface area contributed by atoms with Crippen LogP contribution < -0.4 is 5.32 Å². The standard InChI is InChI=1S/C22H24ClF2N3O2/c1-12-20(22(12,24)25)21(29)27-19-8-14-6-17(18(23)7-15(14)9-26-19)13-2-4-28(5-3-13)16-10-30-11-16/h6-9,12-13,16,20H,2-5,10-11H2,1H3,(H,26,27,29)/t12-,20-/m1/s1. The first-order valence-electron chi connectivity index (χ1n) is 10.4. The topological polar surface area (TPSA) is 54.5 Å². The molecular weight excluding hydrogens is 412 g/mol. The number of ether oxygens (including phenoxy) is 1. The Kier molecular flexibility index (Phi) is 4.95. The van der Waals surface area contributed by atoms with E-state index in [0.29, 0.717) is 12.0 Å². The molecule has 2 aliphatic heterocycles. The third kappa shape index (κ3) is 3.47. The molecule has 0 spiro atoms. The van der Waals surface area contributed by atoms with Gasteiger partial charge in [-0.2, -0.15) is 0 Å². The summed E-state index contributed by atoms with van der Waals surface area (Å²) in [6, 6.07) is 6.24. The number of carbonyl (C=O) groups is 1. The van der Waals surface area contributed by atoms with E-state index in [1.165, 1.54) is 6.92 Å². The van der Waals surface area contributed by atoms with E-state index in [4.69, 9.17) is 16.3 Å². The summed E-state index contributed by atoms with van der Waals surface area (Å²) in [6.45, 7) is 5.09. The number of halogens is 3. The van der Waals surface area contributed by atoms with E-state index in [9.17, 15) is 13.6 Å². The zero-order valence-electron chi connectivity index (χ0n) is 16.7. The van der Waals surface area contributed by atoms with E-state index in [2.05, 4.69) is 21.3 Å². The van der Waals surface area contributed by atoms with Gasteiger partial charge in [-0.1, -0.05) is 18.5 Å². The number of fused-ring (bicyclic) bond motifs is 1. The number of nitrogens with zero attached hydrogens (tertiary/aromatic N) is 2. The number of piperidine rings is 1. The first-order valence-corrected chi connectivity index (χ1v) is 10.8. The summed E-state index contributed by atoms with van der Waals surface area (Å²) in [4.78, 5) is 18.8. The van der Waals surface area contributed by atoms with Gasteiger partial charge in [-0.3, -0.25) is 9.69 Å². The van der Waals surface area contributed by atoms with E-state index < -0.39 is 23.7 Å². The molecule has 30 heavy (non-hydrogen) atoms. The molecule has 0 bridgehead atoms. The van der Waals surface area contributed by atoms with Crippen molar-refractivity contribution >= 4 is 34.1 Å². The summed E-state index contributed by atoms with van der Waals surface area (Å²) in [7, 11) is 0. The minimum Gasteiger partial charge on any atom is -0.378 e. The third-order valence-electron chi connectivity index (χ3n) is 6.89. The van der Waals surface area contributed by atoms with Crippen molar-refractivity contribution in [2.45, 2.75) is 37.6 Å². The van der Waals surface area contributed by atoms with Crippen molar-refractivity contribution in [1.82, 2.24) is 9.88 Å². The van der Waals surface area contributed by atoms with E-state index >= 15 is 0 Å². The van der Waals surface area contributed by atoms with Crippen molar-refractivity contribution in [2.24, 2.45) is 11.8 Å². The van der Waals surface area contributed by atoms with E-state index in [1.807, 2.05) is 6.07 Å². The molecule has 160 valence electrons. The molecule has 2 aromatic rings. The van der Waals surface area contributed by atoms with Crippen molar-refractivity contribution in [2.75, 3.05) is 31.6 Å². The van der Waals surface area contributed by atoms with Crippen LogP contribution in [-0.2, 0) is 9.53 Å². The summed E-state index contributed by atoms with van der Waals surface area (Å²) in [5.41, 5.74) is 1.10. The van der Waals surface area contributed by atoms with Crippen LogP contribution in [0.3, 0.4) is 0 Å². The second kappa shape index (κ2) is 7.39. The van der Waals surface area contributed by atoms with E-state index in [1.54, 1.807) is 12.3 Å². The molecule has 5 rings (SSSR count). The van der Waals surface area contributed by atoms with Gasteiger partial charge in [0.15, 0.2) is 0 Å². The zero-order chi connectivity index (χ0) is 21.0. The maximum Gasteiger partial charge on any atom is 0.263 e. The predicted octanol–water partition coefficient (Wildman–Crippen LogP) is 4.31. The Balaban J connectivity index is 1.33. The van der Waals surface area contributed by atoms with E-state index in [0.717, 1.165) is 60.5 Å². The second-order valence-corrected chi connectivity index (χ2v) is 9.13. The van der Waals surface area contributed by atoms with Crippen LogP contribution in [0, 0.1) is 11.8 Å². The van der Waals surface area contributed by atoms with Gasteiger partial charge in [0.25, 0.3) is 5.92 Å². The summed E-state index contributed by atoms with van der Waals surface area (Å²) in [5, 5.41) is 5.02. The lowest BCUT2D eigenvalue weighted by molar-refractivity contribution is -0.119. The largest absolute Gasteiger partial charge is 0.378 e. The maximum absolute atomic E-state index is 13.5. The van der Waals surface area contributed by atoms with Crippen molar-refractivity contribution in [3.8, 4) is 0 Å². The molecular formula is C22H24ClF2N3O2. The Bertz CT molecular complexity index is 990. The smallest absolute Gasteiger partial charge is 0.263 e. The van der Waals surface area contributed by atoms with Crippen LogP contribution in [0.15, 0.2) is 24.4 Å². The molecule has 1 aliphatic carbocycles. The van der Waals surface area contributed by atoms with Crippen molar-refractivity contribution in [3.63, 3.8) is 0 Å². The second-order valence-electron chi connectivity index (χ2n) is 8.72. The van der Waals surface area contributed by atoms with Crippen molar-refractivity contribution in [1.29, 1.82) is 0 Å². The minimum atomic E-state index is -2.93. The SMILES string of the molecule is C[C@@H]1[C@H](C(=O)Nc2cc3cc(C4CCN(C5COC5)CC4)c(Cl)cc3cn2)C1(F)F. The molecule has 5 nitrogen and oxygen atoms in total. The van der Waals surface area contributed by atoms with Crippen LogP contribution >= 0.6 is 11.6 Å². The molecule has 8 heteroatoms. The predicted molar refractivity (Wildman–Crippen MR) is 111 cm³/mol. The number of rotatable bonds is 4. The highest BCUT2D eigenvalue weighted by molar-refractivity contribution is 6.32. The quantitative estimate of drug-likeness (QED) is 0.777. The molecule has 1 amide bonds.